The Balaban J connectivity index is 1.18. The zero-order chi connectivity index (χ0) is 37.1. The molecular formula is C50H31N5O. The van der Waals surface area contributed by atoms with E-state index < -0.39 is 5.41 Å². The SMILES string of the molecule is c1ccc(-c2ccc(-c3cccc4c3-c3cc(-c5nc(-c6ccccc6)nc(-c6ccccc6)n5)ccc3C43c4ccccc4Oc4ccccc43)nn2)cc1. The van der Waals surface area contributed by atoms with Gasteiger partial charge in [-0.05, 0) is 52.6 Å². The molecule has 1 spiro atoms. The zero-order valence-corrected chi connectivity index (χ0v) is 30.0. The van der Waals surface area contributed by atoms with E-state index >= 15 is 0 Å². The number of hydrogen-bond acceptors (Lipinski definition) is 6. The standard InChI is InChI=1S/C50H31N5O/c1-4-15-32(16-5-1)42-29-30-43(55-54-42)36-21-14-24-41-46(36)37-31-35(49-52-47(33-17-6-2-7-18-33)51-48(53-49)34-19-8-3-9-20-34)27-28-38(37)50(41)39-22-10-12-25-44(39)56-45-26-13-11-23-40(45)50/h1-31H. The van der Waals surface area contributed by atoms with Crippen LogP contribution in [0.3, 0.4) is 0 Å². The first-order valence-corrected chi connectivity index (χ1v) is 18.7. The van der Waals surface area contributed by atoms with Gasteiger partial charge in [-0.25, -0.2) is 15.0 Å². The molecule has 6 heteroatoms. The molecule has 0 unspecified atom stereocenters. The van der Waals surface area contributed by atoms with Gasteiger partial charge in [-0.2, -0.15) is 0 Å². The number of rotatable bonds is 5. The van der Waals surface area contributed by atoms with Gasteiger partial charge in [0, 0.05) is 38.9 Å². The molecule has 0 saturated heterocycles. The minimum absolute atomic E-state index is 0.597. The van der Waals surface area contributed by atoms with Crippen LogP contribution in [0.2, 0.25) is 0 Å². The molecule has 2 aromatic heterocycles. The van der Waals surface area contributed by atoms with Gasteiger partial charge in [0.25, 0.3) is 0 Å². The highest BCUT2D eigenvalue weighted by Crippen LogP contribution is 2.63. The summed E-state index contributed by atoms with van der Waals surface area (Å²) >= 11 is 0. The van der Waals surface area contributed by atoms with Crippen molar-refractivity contribution in [1.82, 2.24) is 25.1 Å². The molecule has 0 bridgehead atoms. The summed E-state index contributed by atoms with van der Waals surface area (Å²) in [5.41, 5.74) is 12.4. The highest BCUT2D eigenvalue weighted by molar-refractivity contribution is 5.97. The van der Waals surface area contributed by atoms with Crippen LogP contribution >= 0.6 is 0 Å². The van der Waals surface area contributed by atoms with Crippen LogP contribution in [0.4, 0.5) is 0 Å². The lowest BCUT2D eigenvalue weighted by Gasteiger charge is -2.39. The first-order chi connectivity index (χ1) is 27.8. The summed E-state index contributed by atoms with van der Waals surface area (Å²) in [6.07, 6.45) is 0. The van der Waals surface area contributed by atoms with E-state index in [1.807, 2.05) is 91.0 Å². The summed E-state index contributed by atoms with van der Waals surface area (Å²) in [5, 5.41) is 9.59. The van der Waals surface area contributed by atoms with Gasteiger partial charge < -0.3 is 4.74 Å². The van der Waals surface area contributed by atoms with Crippen molar-refractivity contribution in [3.8, 4) is 79.3 Å². The van der Waals surface area contributed by atoms with Crippen LogP contribution in [0.15, 0.2) is 188 Å². The maximum Gasteiger partial charge on any atom is 0.164 e. The van der Waals surface area contributed by atoms with Gasteiger partial charge in [0.1, 0.15) is 11.5 Å². The van der Waals surface area contributed by atoms with Crippen molar-refractivity contribution in [2.75, 3.05) is 0 Å². The molecule has 1 aliphatic heterocycles. The molecule has 11 rings (SSSR count). The third-order valence-corrected chi connectivity index (χ3v) is 10.9. The molecule has 1 aliphatic carbocycles. The Morgan fingerprint density at radius 1 is 0.339 bits per heavy atom. The molecule has 0 radical (unpaired) electrons. The molecule has 6 nitrogen and oxygen atoms in total. The van der Waals surface area contributed by atoms with Crippen LogP contribution in [-0.4, -0.2) is 25.1 Å². The van der Waals surface area contributed by atoms with Gasteiger partial charge in [-0.1, -0.05) is 158 Å². The number of nitrogens with zero attached hydrogens (tertiary/aromatic N) is 5. The Morgan fingerprint density at radius 2 is 0.839 bits per heavy atom. The number of ether oxygens (including phenoxy) is 1. The van der Waals surface area contributed by atoms with Crippen LogP contribution in [-0.2, 0) is 5.41 Å². The number of fused-ring (bicyclic) bond motifs is 9. The quantitative estimate of drug-likeness (QED) is 0.176. The number of para-hydroxylation sites is 2. The van der Waals surface area contributed by atoms with Crippen molar-refractivity contribution in [3.05, 3.63) is 210 Å². The Kier molecular flexibility index (Phi) is 7.29. The van der Waals surface area contributed by atoms with E-state index in [0.717, 1.165) is 84.1 Å². The Morgan fingerprint density at radius 3 is 1.43 bits per heavy atom. The molecule has 3 heterocycles. The predicted molar refractivity (Wildman–Crippen MR) is 220 cm³/mol. The number of aromatic nitrogens is 5. The van der Waals surface area contributed by atoms with Gasteiger partial charge in [0.05, 0.1) is 16.8 Å². The largest absolute Gasteiger partial charge is 0.457 e. The first kappa shape index (κ1) is 31.9. The third kappa shape index (κ3) is 4.93. The van der Waals surface area contributed by atoms with E-state index in [1.165, 1.54) is 0 Å². The molecule has 56 heavy (non-hydrogen) atoms. The van der Waals surface area contributed by atoms with E-state index in [2.05, 4.69) is 97.1 Å². The van der Waals surface area contributed by atoms with Crippen LogP contribution in [0.1, 0.15) is 22.3 Å². The Labute approximate surface area is 323 Å². The van der Waals surface area contributed by atoms with E-state index in [9.17, 15) is 0 Å². The second-order valence-corrected chi connectivity index (χ2v) is 14.0. The zero-order valence-electron chi connectivity index (χ0n) is 30.0. The molecule has 0 atom stereocenters. The molecule has 7 aromatic carbocycles. The summed E-state index contributed by atoms with van der Waals surface area (Å²) in [6, 6.07) is 64.5. The molecule has 0 N–H and O–H groups in total. The van der Waals surface area contributed by atoms with Gasteiger partial charge in [-0.15, -0.1) is 10.2 Å². The molecule has 262 valence electrons. The number of hydrogen-bond donors (Lipinski definition) is 0. The highest BCUT2D eigenvalue weighted by atomic mass is 16.5. The van der Waals surface area contributed by atoms with Crippen LogP contribution in [0.25, 0.3) is 67.8 Å². The molecule has 2 aliphatic rings. The van der Waals surface area contributed by atoms with E-state index in [0.29, 0.717) is 17.5 Å². The normalized spacial score (nSPS) is 12.9. The van der Waals surface area contributed by atoms with E-state index in [-0.39, 0.29) is 0 Å². The van der Waals surface area contributed by atoms with E-state index in [1.54, 1.807) is 0 Å². The topological polar surface area (TPSA) is 73.7 Å². The predicted octanol–water partition coefficient (Wildman–Crippen LogP) is 11.5. The fourth-order valence-corrected chi connectivity index (χ4v) is 8.48. The van der Waals surface area contributed by atoms with Gasteiger partial charge in [-0.3, -0.25) is 0 Å². The first-order valence-electron chi connectivity index (χ1n) is 18.7. The Hall–Kier alpha value is -7.57. The number of benzene rings is 7. The summed E-state index contributed by atoms with van der Waals surface area (Å²) in [5.74, 6) is 3.51. The minimum Gasteiger partial charge on any atom is -0.457 e. The monoisotopic (exact) mass is 717 g/mol. The maximum absolute atomic E-state index is 6.62. The van der Waals surface area contributed by atoms with E-state index in [4.69, 9.17) is 29.9 Å². The van der Waals surface area contributed by atoms with Gasteiger partial charge in [0.15, 0.2) is 17.5 Å². The second-order valence-electron chi connectivity index (χ2n) is 14.0. The molecular weight excluding hydrogens is 687 g/mol. The molecule has 0 saturated carbocycles. The summed E-state index contributed by atoms with van der Waals surface area (Å²) in [6.45, 7) is 0. The lowest BCUT2D eigenvalue weighted by atomic mass is 9.66. The fourth-order valence-electron chi connectivity index (χ4n) is 8.48. The minimum atomic E-state index is -0.661. The van der Waals surface area contributed by atoms with Crippen molar-refractivity contribution < 1.29 is 4.74 Å². The summed E-state index contributed by atoms with van der Waals surface area (Å²) < 4.78 is 6.62. The van der Waals surface area contributed by atoms with Crippen molar-refractivity contribution in [2.24, 2.45) is 0 Å². The van der Waals surface area contributed by atoms with Crippen molar-refractivity contribution in [2.45, 2.75) is 5.41 Å². The average Bonchev–Trinajstić information content (AvgIpc) is 3.57. The van der Waals surface area contributed by atoms with Gasteiger partial charge >= 0.3 is 0 Å². The maximum atomic E-state index is 6.62. The van der Waals surface area contributed by atoms with Crippen molar-refractivity contribution >= 4 is 0 Å². The average molecular weight is 718 g/mol. The lowest BCUT2D eigenvalue weighted by Crippen LogP contribution is -2.32. The third-order valence-electron chi connectivity index (χ3n) is 10.9. The summed E-state index contributed by atoms with van der Waals surface area (Å²) in [4.78, 5) is 15.2. The van der Waals surface area contributed by atoms with Crippen LogP contribution in [0.5, 0.6) is 11.5 Å². The molecule has 0 amide bonds. The molecule has 0 fully saturated rings. The second kappa shape index (κ2) is 12.8. The Bertz CT molecular complexity index is 2830. The highest BCUT2D eigenvalue weighted by Gasteiger charge is 2.51. The summed E-state index contributed by atoms with van der Waals surface area (Å²) in [7, 11) is 0. The lowest BCUT2D eigenvalue weighted by molar-refractivity contribution is 0.436. The fraction of sp³-hybridized carbons (Fsp3) is 0.0200. The smallest absolute Gasteiger partial charge is 0.164 e. The van der Waals surface area contributed by atoms with Crippen LogP contribution < -0.4 is 4.74 Å². The van der Waals surface area contributed by atoms with Crippen LogP contribution in [0, 0.1) is 0 Å². The van der Waals surface area contributed by atoms with Crippen molar-refractivity contribution in [3.63, 3.8) is 0 Å². The van der Waals surface area contributed by atoms with Crippen molar-refractivity contribution in [1.29, 1.82) is 0 Å². The molecule has 9 aromatic rings. The van der Waals surface area contributed by atoms with Gasteiger partial charge in [0.2, 0.25) is 0 Å².